The van der Waals surface area contributed by atoms with Crippen LogP contribution in [-0.2, 0) is 0 Å². The van der Waals surface area contributed by atoms with Crippen LogP contribution in [0.25, 0.3) is 0 Å². The maximum absolute atomic E-state index is 2.31. The largest absolute Gasteiger partial charge is 0.0727 e. The van der Waals surface area contributed by atoms with E-state index < -0.39 is 0 Å². The summed E-state index contributed by atoms with van der Waals surface area (Å²) in [5.74, 6) is 0.787. The maximum atomic E-state index is 2.31. The van der Waals surface area contributed by atoms with Gasteiger partial charge in [-0.05, 0) is 25.7 Å². The lowest BCUT2D eigenvalue weighted by molar-refractivity contribution is 0.639. The van der Waals surface area contributed by atoms with Crippen LogP contribution in [0.4, 0.5) is 0 Å². The molecule has 0 fully saturated rings. The molecule has 0 saturated heterocycles. The van der Waals surface area contributed by atoms with Crippen LogP contribution in [0.5, 0.6) is 0 Å². The van der Waals surface area contributed by atoms with E-state index in [1.807, 2.05) is 0 Å². The van der Waals surface area contributed by atoms with Crippen LogP contribution in [-0.4, -0.2) is 0 Å². The zero-order valence-corrected chi connectivity index (χ0v) is 7.15. The van der Waals surface area contributed by atoms with Crippen molar-refractivity contribution in [3.8, 4) is 0 Å². The SMILES string of the molecule is CCC1=CC=C(C)CC1C. The second-order valence-corrected chi connectivity index (χ2v) is 3.21. The highest BCUT2D eigenvalue weighted by Gasteiger charge is 2.09. The van der Waals surface area contributed by atoms with E-state index in [1.54, 1.807) is 5.57 Å². The average Bonchev–Trinajstić information content (AvgIpc) is 1.88. The third kappa shape index (κ3) is 1.50. The van der Waals surface area contributed by atoms with E-state index in [2.05, 4.69) is 32.9 Å². The van der Waals surface area contributed by atoms with Crippen molar-refractivity contribution in [3.63, 3.8) is 0 Å². The highest BCUT2D eigenvalue weighted by Crippen LogP contribution is 2.25. The van der Waals surface area contributed by atoms with Gasteiger partial charge in [-0.25, -0.2) is 0 Å². The zero-order valence-electron chi connectivity index (χ0n) is 7.15. The zero-order chi connectivity index (χ0) is 7.56. The standard InChI is InChI=1S/C10H16/c1-4-10-6-5-8(2)7-9(10)3/h5-6,9H,4,7H2,1-3H3. The molecule has 1 rings (SSSR count). The minimum atomic E-state index is 0.787. The number of hydrogen-bond acceptors (Lipinski definition) is 0. The quantitative estimate of drug-likeness (QED) is 0.518. The molecule has 1 unspecified atom stereocenters. The minimum Gasteiger partial charge on any atom is -0.0727 e. The van der Waals surface area contributed by atoms with Crippen LogP contribution in [0.3, 0.4) is 0 Å². The fourth-order valence-corrected chi connectivity index (χ4v) is 1.56. The topological polar surface area (TPSA) is 0 Å². The summed E-state index contributed by atoms with van der Waals surface area (Å²) in [6, 6.07) is 0. The van der Waals surface area contributed by atoms with E-state index in [1.165, 1.54) is 18.4 Å². The first-order valence-electron chi connectivity index (χ1n) is 4.10. The van der Waals surface area contributed by atoms with Gasteiger partial charge in [0.05, 0.1) is 0 Å². The summed E-state index contributed by atoms with van der Waals surface area (Å²) in [6.45, 7) is 6.75. The van der Waals surface area contributed by atoms with Crippen molar-refractivity contribution >= 4 is 0 Å². The number of rotatable bonds is 1. The normalized spacial score (nSPS) is 25.7. The van der Waals surface area contributed by atoms with Crippen LogP contribution in [0, 0.1) is 5.92 Å². The minimum absolute atomic E-state index is 0.787. The molecule has 0 spiro atoms. The molecule has 0 aromatic rings. The molecule has 0 aliphatic heterocycles. The molecule has 0 aromatic carbocycles. The highest BCUT2D eigenvalue weighted by molar-refractivity contribution is 5.24. The average molecular weight is 136 g/mol. The van der Waals surface area contributed by atoms with Gasteiger partial charge in [-0.3, -0.25) is 0 Å². The van der Waals surface area contributed by atoms with Gasteiger partial charge in [0, 0.05) is 0 Å². The lowest BCUT2D eigenvalue weighted by Gasteiger charge is -2.18. The van der Waals surface area contributed by atoms with E-state index in [4.69, 9.17) is 0 Å². The van der Waals surface area contributed by atoms with Crippen LogP contribution >= 0.6 is 0 Å². The molecule has 1 atom stereocenters. The summed E-state index contributed by atoms with van der Waals surface area (Å²) in [6.07, 6.45) is 7.01. The van der Waals surface area contributed by atoms with Crippen molar-refractivity contribution in [2.45, 2.75) is 33.6 Å². The van der Waals surface area contributed by atoms with Gasteiger partial charge in [0.1, 0.15) is 0 Å². The summed E-state index contributed by atoms with van der Waals surface area (Å²) < 4.78 is 0. The van der Waals surface area contributed by atoms with Gasteiger partial charge >= 0.3 is 0 Å². The smallest absolute Gasteiger partial charge is 0.0191 e. The van der Waals surface area contributed by atoms with Gasteiger partial charge in [-0.15, -0.1) is 0 Å². The molecule has 0 radical (unpaired) electrons. The molecule has 0 heteroatoms. The molecule has 10 heavy (non-hydrogen) atoms. The second-order valence-electron chi connectivity index (χ2n) is 3.21. The van der Waals surface area contributed by atoms with E-state index >= 15 is 0 Å². The first kappa shape index (κ1) is 7.59. The molecular formula is C10H16. The van der Waals surface area contributed by atoms with Crippen LogP contribution in [0.1, 0.15) is 33.6 Å². The Morgan fingerprint density at radius 3 is 2.70 bits per heavy atom. The molecule has 0 aromatic heterocycles. The lowest BCUT2D eigenvalue weighted by Crippen LogP contribution is -2.02. The van der Waals surface area contributed by atoms with Gasteiger partial charge in [0.2, 0.25) is 0 Å². The third-order valence-corrected chi connectivity index (χ3v) is 2.25. The van der Waals surface area contributed by atoms with Gasteiger partial charge in [-0.1, -0.05) is 37.1 Å². The molecule has 1 aliphatic rings. The van der Waals surface area contributed by atoms with E-state index in [9.17, 15) is 0 Å². The molecule has 0 amide bonds. The summed E-state index contributed by atoms with van der Waals surface area (Å²) in [7, 11) is 0. The van der Waals surface area contributed by atoms with E-state index in [0.717, 1.165) is 5.92 Å². The molecule has 0 N–H and O–H groups in total. The van der Waals surface area contributed by atoms with Crippen molar-refractivity contribution in [2.24, 2.45) is 5.92 Å². The van der Waals surface area contributed by atoms with Crippen LogP contribution in [0.15, 0.2) is 23.3 Å². The Balaban J connectivity index is 2.71. The van der Waals surface area contributed by atoms with E-state index in [-0.39, 0.29) is 0 Å². The molecule has 0 saturated carbocycles. The molecule has 0 heterocycles. The van der Waals surface area contributed by atoms with Crippen molar-refractivity contribution in [1.82, 2.24) is 0 Å². The fourth-order valence-electron chi connectivity index (χ4n) is 1.56. The number of allylic oxidation sites excluding steroid dienone is 4. The van der Waals surface area contributed by atoms with Crippen molar-refractivity contribution in [1.29, 1.82) is 0 Å². The summed E-state index contributed by atoms with van der Waals surface area (Å²) in [4.78, 5) is 0. The Morgan fingerprint density at radius 2 is 2.20 bits per heavy atom. The van der Waals surface area contributed by atoms with Gasteiger partial charge in [0.25, 0.3) is 0 Å². The second kappa shape index (κ2) is 3.05. The highest BCUT2D eigenvalue weighted by atomic mass is 14.2. The molecular weight excluding hydrogens is 120 g/mol. The molecule has 0 nitrogen and oxygen atoms in total. The van der Waals surface area contributed by atoms with Crippen molar-refractivity contribution in [2.75, 3.05) is 0 Å². The first-order valence-corrected chi connectivity index (χ1v) is 4.10. The van der Waals surface area contributed by atoms with Gasteiger partial charge in [0.15, 0.2) is 0 Å². The first-order chi connectivity index (χ1) is 4.74. The van der Waals surface area contributed by atoms with Crippen LogP contribution in [0.2, 0.25) is 0 Å². The van der Waals surface area contributed by atoms with Crippen molar-refractivity contribution < 1.29 is 0 Å². The fraction of sp³-hybridized carbons (Fsp3) is 0.600. The predicted molar refractivity (Wildman–Crippen MR) is 45.9 cm³/mol. The Morgan fingerprint density at radius 1 is 1.50 bits per heavy atom. The molecule has 56 valence electrons. The Hall–Kier alpha value is -0.520. The van der Waals surface area contributed by atoms with E-state index in [0.29, 0.717) is 0 Å². The third-order valence-electron chi connectivity index (χ3n) is 2.25. The Kier molecular flexibility index (Phi) is 2.31. The molecule has 0 bridgehead atoms. The Labute approximate surface area is 63.6 Å². The molecule has 1 aliphatic carbocycles. The monoisotopic (exact) mass is 136 g/mol. The summed E-state index contributed by atoms with van der Waals surface area (Å²) in [5, 5.41) is 0. The number of hydrogen-bond donors (Lipinski definition) is 0. The van der Waals surface area contributed by atoms with Gasteiger partial charge in [-0.2, -0.15) is 0 Å². The van der Waals surface area contributed by atoms with Crippen LogP contribution < -0.4 is 0 Å². The maximum Gasteiger partial charge on any atom is -0.0191 e. The van der Waals surface area contributed by atoms with Gasteiger partial charge < -0.3 is 0 Å². The predicted octanol–water partition coefficient (Wildman–Crippen LogP) is 3.31. The lowest BCUT2D eigenvalue weighted by atomic mass is 9.88. The summed E-state index contributed by atoms with van der Waals surface area (Å²) >= 11 is 0. The van der Waals surface area contributed by atoms with Crippen molar-refractivity contribution in [3.05, 3.63) is 23.3 Å². The Bertz CT molecular complexity index is 172. The summed E-state index contributed by atoms with van der Waals surface area (Å²) in [5.41, 5.74) is 3.12.